The van der Waals surface area contributed by atoms with E-state index in [0.717, 1.165) is 4.90 Å². The molecule has 1 unspecified atom stereocenters. The van der Waals surface area contributed by atoms with Crippen LogP contribution in [0.1, 0.15) is 33.6 Å². The monoisotopic (exact) mass is 261 g/mol. The molecule has 2 heterocycles. The molecule has 1 aromatic carbocycles. The number of nitrogens with zero attached hydrogens (tertiary/aromatic N) is 1. The fraction of sp³-hybridized carbons (Fsp3) is 0.308. The number of carbonyl (C=O) groups excluding carboxylic acids is 2. The molecule has 3 rings (SSSR count). The van der Waals surface area contributed by atoms with E-state index in [1.165, 1.54) is 12.1 Å². The third-order valence-electron chi connectivity index (χ3n) is 3.49. The summed E-state index contributed by atoms with van der Waals surface area (Å²) in [5, 5.41) is 9.37. The number of benzene rings is 1. The van der Waals surface area contributed by atoms with E-state index in [4.69, 9.17) is 4.74 Å². The van der Waals surface area contributed by atoms with E-state index in [1.807, 2.05) is 0 Å². The summed E-state index contributed by atoms with van der Waals surface area (Å²) in [6.45, 7) is 0.222. The highest BCUT2D eigenvalue weighted by Gasteiger charge is 2.56. The van der Waals surface area contributed by atoms with Crippen LogP contribution in [0.5, 0.6) is 0 Å². The zero-order valence-corrected chi connectivity index (χ0v) is 9.96. The molecule has 0 saturated carbocycles. The summed E-state index contributed by atoms with van der Waals surface area (Å²) in [7, 11) is 0. The van der Waals surface area contributed by atoms with E-state index < -0.39 is 23.5 Å². The van der Waals surface area contributed by atoms with Gasteiger partial charge in [-0.15, -0.1) is 0 Å². The first kappa shape index (κ1) is 11.9. The Labute approximate surface area is 108 Å². The highest BCUT2D eigenvalue weighted by molar-refractivity contribution is 6.23. The van der Waals surface area contributed by atoms with Gasteiger partial charge in [0.25, 0.3) is 11.8 Å². The molecule has 19 heavy (non-hydrogen) atoms. The molecule has 1 fully saturated rings. The van der Waals surface area contributed by atoms with Crippen LogP contribution in [0.3, 0.4) is 0 Å². The second-order valence-corrected chi connectivity index (χ2v) is 4.53. The number of imide groups is 1. The van der Waals surface area contributed by atoms with Crippen molar-refractivity contribution in [3.8, 4) is 0 Å². The molecule has 2 amide bonds. The highest BCUT2D eigenvalue weighted by Crippen LogP contribution is 2.36. The van der Waals surface area contributed by atoms with Gasteiger partial charge < -0.3 is 9.84 Å². The summed E-state index contributed by atoms with van der Waals surface area (Å²) < 4.78 is 5.24. The number of rotatable bonds is 2. The Hall–Kier alpha value is -2.21. The molecule has 2 aliphatic rings. The maximum atomic E-state index is 12.3. The van der Waals surface area contributed by atoms with Crippen LogP contribution in [0.15, 0.2) is 24.3 Å². The Balaban J connectivity index is 2.11. The number of amides is 2. The van der Waals surface area contributed by atoms with Crippen molar-refractivity contribution in [1.82, 2.24) is 4.90 Å². The summed E-state index contributed by atoms with van der Waals surface area (Å²) in [6.07, 6.45) is 0.619. The van der Waals surface area contributed by atoms with E-state index >= 15 is 0 Å². The zero-order valence-electron chi connectivity index (χ0n) is 9.96. The van der Waals surface area contributed by atoms with Gasteiger partial charge in [0.05, 0.1) is 17.7 Å². The Morgan fingerprint density at radius 1 is 1.21 bits per heavy atom. The van der Waals surface area contributed by atoms with Gasteiger partial charge in [0.1, 0.15) is 0 Å². The Bertz CT molecular complexity index is 553. The molecule has 1 N–H and O–H groups in total. The van der Waals surface area contributed by atoms with Crippen LogP contribution in [-0.2, 0) is 9.53 Å². The van der Waals surface area contributed by atoms with Gasteiger partial charge in [-0.2, -0.15) is 0 Å². The Kier molecular flexibility index (Phi) is 2.43. The smallest absolute Gasteiger partial charge is 0.358 e. The standard InChI is InChI=1S/C13H11NO5/c15-10-8-4-1-2-5-9(8)11(16)14(10)13(12(17)18)6-3-7-19-13/h1-2,4-5H,3,6-7H2,(H,17,18). The van der Waals surface area contributed by atoms with Gasteiger partial charge in [0.2, 0.25) is 5.72 Å². The van der Waals surface area contributed by atoms with Gasteiger partial charge in [0.15, 0.2) is 0 Å². The van der Waals surface area contributed by atoms with Crippen molar-refractivity contribution in [2.75, 3.05) is 6.61 Å². The summed E-state index contributed by atoms with van der Waals surface area (Å²) >= 11 is 0. The van der Waals surface area contributed by atoms with Gasteiger partial charge in [-0.05, 0) is 18.6 Å². The van der Waals surface area contributed by atoms with Crippen LogP contribution in [0.2, 0.25) is 0 Å². The van der Waals surface area contributed by atoms with E-state index in [2.05, 4.69) is 0 Å². The molecular weight excluding hydrogens is 250 g/mol. The fourth-order valence-corrected chi connectivity index (χ4v) is 2.58. The molecule has 6 heteroatoms. The molecular formula is C13H11NO5. The third-order valence-corrected chi connectivity index (χ3v) is 3.49. The summed E-state index contributed by atoms with van der Waals surface area (Å²) in [6, 6.07) is 6.30. The normalized spacial score (nSPS) is 25.8. The molecule has 2 aliphatic heterocycles. The van der Waals surface area contributed by atoms with Crippen molar-refractivity contribution in [3.05, 3.63) is 35.4 Å². The molecule has 0 radical (unpaired) electrons. The van der Waals surface area contributed by atoms with Crippen LogP contribution < -0.4 is 0 Å². The van der Waals surface area contributed by atoms with Gasteiger partial charge in [-0.25, -0.2) is 9.69 Å². The van der Waals surface area contributed by atoms with E-state index in [1.54, 1.807) is 12.1 Å². The van der Waals surface area contributed by atoms with Crippen molar-refractivity contribution in [2.45, 2.75) is 18.6 Å². The SMILES string of the molecule is O=C1c2ccccc2C(=O)N1C1(C(=O)O)CCCO1. The van der Waals surface area contributed by atoms with Crippen molar-refractivity contribution in [3.63, 3.8) is 0 Å². The molecule has 0 aliphatic carbocycles. The van der Waals surface area contributed by atoms with Gasteiger partial charge in [-0.1, -0.05) is 12.1 Å². The summed E-state index contributed by atoms with van der Waals surface area (Å²) in [5.74, 6) is -2.52. The summed E-state index contributed by atoms with van der Waals surface area (Å²) in [4.78, 5) is 36.8. The van der Waals surface area contributed by atoms with Gasteiger partial charge in [-0.3, -0.25) is 9.59 Å². The second-order valence-electron chi connectivity index (χ2n) is 4.53. The average Bonchev–Trinajstić information content (AvgIpc) is 2.97. The maximum absolute atomic E-state index is 12.3. The van der Waals surface area contributed by atoms with E-state index in [-0.39, 0.29) is 24.2 Å². The zero-order chi connectivity index (χ0) is 13.6. The minimum Gasteiger partial charge on any atom is -0.478 e. The number of ether oxygens (including phenoxy) is 1. The predicted octanol–water partition coefficient (Wildman–Crippen LogP) is 0.874. The van der Waals surface area contributed by atoms with Crippen molar-refractivity contribution >= 4 is 17.8 Å². The van der Waals surface area contributed by atoms with E-state index in [9.17, 15) is 19.5 Å². The van der Waals surface area contributed by atoms with Crippen LogP contribution in [-0.4, -0.2) is 40.1 Å². The number of hydrogen-bond donors (Lipinski definition) is 1. The molecule has 98 valence electrons. The molecule has 6 nitrogen and oxygen atoms in total. The first-order chi connectivity index (χ1) is 9.08. The highest BCUT2D eigenvalue weighted by atomic mass is 16.6. The van der Waals surface area contributed by atoms with Crippen molar-refractivity contribution < 1.29 is 24.2 Å². The van der Waals surface area contributed by atoms with Gasteiger partial charge in [0, 0.05) is 6.42 Å². The van der Waals surface area contributed by atoms with Gasteiger partial charge >= 0.3 is 5.97 Å². The predicted molar refractivity (Wildman–Crippen MR) is 62.5 cm³/mol. The Morgan fingerprint density at radius 3 is 2.21 bits per heavy atom. The van der Waals surface area contributed by atoms with Crippen molar-refractivity contribution in [1.29, 1.82) is 0 Å². The summed E-state index contributed by atoms with van der Waals surface area (Å²) in [5.41, 5.74) is -1.40. The lowest BCUT2D eigenvalue weighted by atomic mass is 10.1. The first-order valence-corrected chi connectivity index (χ1v) is 5.93. The molecule has 0 bridgehead atoms. The van der Waals surface area contributed by atoms with Crippen molar-refractivity contribution in [2.24, 2.45) is 0 Å². The van der Waals surface area contributed by atoms with Crippen LogP contribution in [0.4, 0.5) is 0 Å². The molecule has 1 atom stereocenters. The molecule has 1 aromatic rings. The lowest BCUT2D eigenvalue weighted by Crippen LogP contribution is -2.56. The van der Waals surface area contributed by atoms with Crippen LogP contribution in [0, 0.1) is 0 Å². The number of carboxylic acid groups (broad SMARTS) is 1. The lowest BCUT2D eigenvalue weighted by molar-refractivity contribution is -0.174. The number of carboxylic acids is 1. The fourth-order valence-electron chi connectivity index (χ4n) is 2.58. The average molecular weight is 261 g/mol. The quantitative estimate of drug-likeness (QED) is 0.799. The molecule has 0 aromatic heterocycles. The largest absolute Gasteiger partial charge is 0.478 e. The number of fused-ring (bicyclic) bond motifs is 1. The number of carbonyl (C=O) groups is 3. The first-order valence-electron chi connectivity index (χ1n) is 5.93. The van der Waals surface area contributed by atoms with Crippen LogP contribution >= 0.6 is 0 Å². The number of hydrogen-bond acceptors (Lipinski definition) is 4. The molecule has 0 spiro atoms. The lowest BCUT2D eigenvalue weighted by Gasteiger charge is -2.31. The topological polar surface area (TPSA) is 83.9 Å². The molecule has 1 saturated heterocycles. The third kappa shape index (κ3) is 1.43. The minimum absolute atomic E-state index is 0.119. The minimum atomic E-state index is -1.85. The van der Waals surface area contributed by atoms with Crippen LogP contribution in [0.25, 0.3) is 0 Å². The Morgan fingerprint density at radius 2 is 1.79 bits per heavy atom. The van der Waals surface area contributed by atoms with E-state index in [0.29, 0.717) is 6.42 Å². The second kappa shape index (κ2) is 3.89. The number of aliphatic carboxylic acids is 1. The maximum Gasteiger partial charge on any atom is 0.358 e.